The summed E-state index contributed by atoms with van der Waals surface area (Å²) in [6.07, 6.45) is 0. The van der Waals surface area contributed by atoms with E-state index in [0.717, 1.165) is 29.6 Å². The molecule has 0 saturated carbocycles. The molecule has 4 nitrogen and oxygen atoms in total. The van der Waals surface area contributed by atoms with Crippen molar-refractivity contribution in [3.63, 3.8) is 0 Å². The van der Waals surface area contributed by atoms with Gasteiger partial charge in [-0.1, -0.05) is 6.92 Å². The van der Waals surface area contributed by atoms with Crippen molar-refractivity contribution in [3.8, 4) is 0 Å². The Labute approximate surface area is 117 Å². The number of rotatable bonds is 1. The standard InChI is InChI=1S/C14H20N4S/c1-7-5-18(6-11(7)15)13-12-8(2)9(3)19-14(12)17-10(4)16-13/h7,11H,5-6,15H2,1-4H3. The Bertz CT molecular complexity index is 624. The van der Waals surface area contributed by atoms with Crippen molar-refractivity contribution < 1.29 is 0 Å². The van der Waals surface area contributed by atoms with Crippen LogP contribution in [0, 0.1) is 26.7 Å². The van der Waals surface area contributed by atoms with E-state index >= 15 is 0 Å². The van der Waals surface area contributed by atoms with E-state index in [9.17, 15) is 0 Å². The van der Waals surface area contributed by atoms with Crippen LogP contribution in [0.2, 0.25) is 0 Å². The summed E-state index contributed by atoms with van der Waals surface area (Å²) in [6, 6.07) is 0.241. The molecular weight excluding hydrogens is 256 g/mol. The molecule has 2 N–H and O–H groups in total. The number of nitrogens with zero attached hydrogens (tertiary/aromatic N) is 3. The molecule has 1 aliphatic heterocycles. The predicted molar refractivity (Wildman–Crippen MR) is 81.0 cm³/mol. The summed E-state index contributed by atoms with van der Waals surface area (Å²) in [6.45, 7) is 10.4. The van der Waals surface area contributed by atoms with E-state index in [1.807, 2.05) is 6.92 Å². The van der Waals surface area contributed by atoms with E-state index < -0.39 is 0 Å². The van der Waals surface area contributed by atoms with Crippen LogP contribution >= 0.6 is 11.3 Å². The first-order valence-electron chi connectivity index (χ1n) is 6.72. The van der Waals surface area contributed by atoms with Crippen LogP contribution in [0.25, 0.3) is 10.2 Å². The number of aromatic nitrogens is 2. The van der Waals surface area contributed by atoms with Crippen LogP contribution in [0.5, 0.6) is 0 Å². The molecule has 2 aromatic heterocycles. The molecule has 5 heteroatoms. The largest absolute Gasteiger partial charge is 0.354 e. The van der Waals surface area contributed by atoms with Gasteiger partial charge in [0, 0.05) is 24.0 Å². The summed E-state index contributed by atoms with van der Waals surface area (Å²) >= 11 is 1.76. The number of nitrogens with two attached hydrogens (primary N) is 1. The van der Waals surface area contributed by atoms with E-state index in [-0.39, 0.29) is 6.04 Å². The molecule has 0 radical (unpaired) electrons. The molecule has 19 heavy (non-hydrogen) atoms. The quantitative estimate of drug-likeness (QED) is 0.869. The van der Waals surface area contributed by atoms with Gasteiger partial charge in [0.2, 0.25) is 0 Å². The Morgan fingerprint density at radius 3 is 2.58 bits per heavy atom. The molecule has 102 valence electrons. The highest BCUT2D eigenvalue weighted by Crippen LogP contribution is 2.36. The maximum Gasteiger partial charge on any atom is 0.141 e. The van der Waals surface area contributed by atoms with Crippen molar-refractivity contribution in [2.45, 2.75) is 33.7 Å². The van der Waals surface area contributed by atoms with E-state index in [4.69, 9.17) is 10.7 Å². The Kier molecular flexibility index (Phi) is 2.98. The summed E-state index contributed by atoms with van der Waals surface area (Å²) in [5.74, 6) is 2.44. The molecule has 0 amide bonds. The highest BCUT2D eigenvalue weighted by molar-refractivity contribution is 7.18. The maximum absolute atomic E-state index is 6.15. The fraction of sp³-hybridized carbons (Fsp3) is 0.571. The van der Waals surface area contributed by atoms with Crippen LogP contribution < -0.4 is 10.6 Å². The Balaban J connectivity index is 2.17. The average Bonchev–Trinajstić information content (AvgIpc) is 2.81. The van der Waals surface area contributed by atoms with Gasteiger partial charge >= 0.3 is 0 Å². The minimum absolute atomic E-state index is 0.241. The normalized spacial score (nSPS) is 23.5. The zero-order chi connectivity index (χ0) is 13.7. The summed E-state index contributed by atoms with van der Waals surface area (Å²) in [5.41, 5.74) is 7.46. The van der Waals surface area contributed by atoms with Crippen LogP contribution in [0.4, 0.5) is 5.82 Å². The number of anilines is 1. The lowest BCUT2D eigenvalue weighted by atomic mass is 10.1. The predicted octanol–water partition coefficient (Wildman–Crippen LogP) is 2.40. The third kappa shape index (κ3) is 2.01. The van der Waals surface area contributed by atoms with E-state index in [1.54, 1.807) is 11.3 Å². The fourth-order valence-electron chi connectivity index (χ4n) is 2.73. The Hall–Kier alpha value is -1.20. The lowest BCUT2D eigenvalue weighted by Crippen LogP contribution is -2.29. The third-order valence-electron chi connectivity index (χ3n) is 4.09. The molecule has 1 aliphatic rings. The topological polar surface area (TPSA) is 55.0 Å². The number of hydrogen-bond acceptors (Lipinski definition) is 5. The molecule has 0 spiro atoms. The molecule has 2 aromatic rings. The van der Waals surface area contributed by atoms with Crippen molar-refractivity contribution in [2.75, 3.05) is 18.0 Å². The van der Waals surface area contributed by atoms with Gasteiger partial charge < -0.3 is 10.6 Å². The van der Waals surface area contributed by atoms with Gasteiger partial charge in [-0.05, 0) is 32.3 Å². The van der Waals surface area contributed by atoms with E-state index in [0.29, 0.717) is 5.92 Å². The third-order valence-corrected chi connectivity index (χ3v) is 5.19. The maximum atomic E-state index is 6.15. The molecule has 3 heterocycles. The highest BCUT2D eigenvalue weighted by atomic mass is 32.1. The van der Waals surface area contributed by atoms with Crippen molar-refractivity contribution in [2.24, 2.45) is 11.7 Å². The van der Waals surface area contributed by atoms with Crippen molar-refractivity contribution in [1.29, 1.82) is 0 Å². The SMILES string of the molecule is Cc1nc(N2CC(C)C(N)C2)c2c(C)c(C)sc2n1. The van der Waals surface area contributed by atoms with Crippen LogP contribution in [-0.2, 0) is 0 Å². The first-order chi connectivity index (χ1) is 8.97. The van der Waals surface area contributed by atoms with E-state index in [1.165, 1.54) is 15.8 Å². The average molecular weight is 276 g/mol. The number of hydrogen-bond donors (Lipinski definition) is 1. The molecule has 0 aromatic carbocycles. The molecule has 2 atom stereocenters. The van der Waals surface area contributed by atoms with Crippen molar-refractivity contribution in [3.05, 3.63) is 16.3 Å². The smallest absolute Gasteiger partial charge is 0.141 e. The van der Waals surface area contributed by atoms with Gasteiger partial charge in [0.05, 0.1) is 5.39 Å². The first-order valence-corrected chi connectivity index (χ1v) is 7.54. The summed E-state index contributed by atoms with van der Waals surface area (Å²) < 4.78 is 0. The molecule has 1 saturated heterocycles. The number of fused-ring (bicyclic) bond motifs is 1. The molecule has 3 rings (SSSR count). The minimum atomic E-state index is 0.241. The van der Waals surface area contributed by atoms with Gasteiger partial charge in [-0.15, -0.1) is 11.3 Å². The lowest BCUT2D eigenvalue weighted by molar-refractivity contribution is 0.566. The second-order valence-electron chi connectivity index (χ2n) is 5.60. The monoisotopic (exact) mass is 276 g/mol. The van der Waals surface area contributed by atoms with Gasteiger partial charge in [-0.2, -0.15) is 0 Å². The molecule has 0 aliphatic carbocycles. The second kappa shape index (κ2) is 4.42. The lowest BCUT2D eigenvalue weighted by Gasteiger charge is -2.18. The van der Waals surface area contributed by atoms with Gasteiger partial charge in [-0.3, -0.25) is 0 Å². The van der Waals surface area contributed by atoms with Crippen LogP contribution in [-0.4, -0.2) is 29.1 Å². The van der Waals surface area contributed by atoms with Gasteiger partial charge in [0.1, 0.15) is 16.5 Å². The zero-order valence-corrected chi connectivity index (χ0v) is 12.7. The zero-order valence-electron chi connectivity index (χ0n) is 11.9. The first kappa shape index (κ1) is 12.8. The Morgan fingerprint density at radius 2 is 1.95 bits per heavy atom. The van der Waals surface area contributed by atoms with Gasteiger partial charge in [-0.25, -0.2) is 9.97 Å². The molecule has 0 bridgehead atoms. The van der Waals surface area contributed by atoms with Gasteiger partial charge in [0.25, 0.3) is 0 Å². The highest BCUT2D eigenvalue weighted by Gasteiger charge is 2.29. The molecule has 2 unspecified atom stereocenters. The van der Waals surface area contributed by atoms with Gasteiger partial charge in [0.15, 0.2) is 0 Å². The summed E-state index contributed by atoms with van der Waals surface area (Å²) in [4.78, 5) is 14.0. The molecular formula is C14H20N4S. The summed E-state index contributed by atoms with van der Waals surface area (Å²) in [5, 5.41) is 1.22. The fourth-order valence-corrected chi connectivity index (χ4v) is 3.80. The van der Waals surface area contributed by atoms with Crippen molar-refractivity contribution >= 4 is 27.4 Å². The van der Waals surface area contributed by atoms with E-state index in [2.05, 4.69) is 30.7 Å². The minimum Gasteiger partial charge on any atom is -0.354 e. The van der Waals surface area contributed by atoms with Crippen LogP contribution in [0.3, 0.4) is 0 Å². The van der Waals surface area contributed by atoms with Crippen LogP contribution in [0.15, 0.2) is 0 Å². The van der Waals surface area contributed by atoms with Crippen molar-refractivity contribution in [1.82, 2.24) is 9.97 Å². The number of thiophene rings is 1. The Morgan fingerprint density at radius 1 is 1.21 bits per heavy atom. The summed E-state index contributed by atoms with van der Waals surface area (Å²) in [7, 11) is 0. The second-order valence-corrected chi connectivity index (χ2v) is 6.81. The number of aryl methyl sites for hydroxylation is 3. The molecule has 1 fully saturated rings. The van der Waals surface area contributed by atoms with Crippen LogP contribution in [0.1, 0.15) is 23.2 Å².